The average molecular weight is 289 g/mol. The molecule has 0 radical (unpaired) electrons. The Labute approximate surface area is 126 Å². The number of hydrogen-bond donors (Lipinski definition) is 1. The summed E-state index contributed by atoms with van der Waals surface area (Å²) >= 11 is 0. The van der Waals surface area contributed by atoms with Crippen molar-refractivity contribution in [3.63, 3.8) is 0 Å². The van der Waals surface area contributed by atoms with E-state index in [0.717, 1.165) is 23.6 Å². The van der Waals surface area contributed by atoms with Crippen LogP contribution in [0.3, 0.4) is 0 Å². The molecule has 1 aromatic carbocycles. The zero-order valence-corrected chi connectivity index (χ0v) is 12.9. The van der Waals surface area contributed by atoms with Crippen molar-refractivity contribution in [2.75, 3.05) is 7.05 Å². The van der Waals surface area contributed by atoms with Gasteiger partial charge in [0.25, 0.3) is 0 Å². The van der Waals surface area contributed by atoms with Crippen LogP contribution in [0, 0.1) is 5.92 Å². The van der Waals surface area contributed by atoms with Crippen LogP contribution in [-0.2, 0) is 16.1 Å². The maximum absolute atomic E-state index is 12.0. The molecule has 1 atom stereocenters. The smallest absolute Gasteiger partial charge is 0.328 e. The van der Waals surface area contributed by atoms with E-state index in [-0.39, 0.29) is 5.91 Å². The molecule has 1 N–H and O–H groups in total. The van der Waals surface area contributed by atoms with Crippen LogP contribution in [0.25, 0.3) is 6.08 Å². The van der Waals surface area contributed by atoms with Crippen LogP contribution in [0.15, 0.2) is 30.3 Å². The van der Waals surface area contributed by atoms with Gasteiger partial charge in [-0.05, 0) is 23.1 Å². The third-order valence-corrected chi connectivity index (χ3v) is 3.46. The van der Waals surface area contributed by atoms with Gasteiger partial charge in [0.15, 0.2) is 0 Å². The lowest BCUT2D eigenvalue weighted by Crippen LogP contribution is -2.27. The van der Waals surface area contributed by atoms with E-state index in [1.807, 2.05) is 31.3 Å². The molecule has 0 spiro atoms. The number of amides is 1. The Morgan fingerprint density at radius 1 is 1.29 bits per heavy atom. The molecule has 0 aromatic heterocycles. The highest BCUT2D eigenvalue weighted by Crippen LogP contribution is 2.12. The van der Waals surface area contributed by atoms with Crippen LogP contribution < -0.4 is 0 Å². The van der Waals surface area contributed by atoms with Gasteiger partial charge >= 0.3 is 5.97 Å². The van der Waals surface area contributed by atoms with Gasteiger partial charge in [0.05, 0.1) is 0 Å². The van der Waals surface area contributed by atoms with Crippen molar-refractivity contribution in [3.8, 4) is 0 Å². The lowest BCUT2D eigenvalue weighted by atomic mass is 10.0. The molecule has 114 valence electrons. The number of benzene rings is 1. The standard InChI is InChI=1S/C17H23NO3/c1-4-13(2)11-16(19)18(3)12-15-7-5-14(6-8-15)9-10-17(20)21/h5-10,13H,4,11-12H2,1-3H3,(H,20,21)/b10-9+. The number of hydrogen-bond acceptors (Lipinski definition) is 2. The van der Waals surface area contributed by atoms with Gasteiger partial charge in [-0.15, -0.1) is 0 Å². The van der Waals surface area contributed by atoms with Crippen molar-refractivity contribution < 1.29 is 14.7 Å². The van der Waals surface area contributed by atoms with E-state index in [4.69, 9.17) is 5.11 Å². The normalized spacial score (nSPS) is 12.3. The van der Waals surface area contributed by atoms with Gasteiger partial charge in [-0.2, -0.15) is 0 Å². The number of carbonyl (C=O) groups excluding carboxylic acids is 1. The van der Waals surface area contributed by atoms with Crippen LogP contribution in [0.1, 0.15) is 37.8 Å². The fourth-order valence-electron chi connectivity index (χ4n) is 1.86. The Kier molecular flexibility index (Phi) is 6.66. The van der Waals surface area contributed by atoms with Crippen LogP contribution in [-0.4, -0.2) is 28.9 Å². The summed E-state index contributed by atoms with van der Waals surface area (Å²) in [7, 11) is 1.81. The number of carboxylic acid groups (broad SMARTS) is 1. The summed E-state index contributed by atoms with van der Waals surface area (Å²) in [5, 5.41) is 8.57. The van der Waals surface area contributed by atoms with E-state index in [0.29, 0.717) is 18.9 Å². The fourth-order valence-corrected chi connectivity index (χ4v) is 1.86. The minimum atomic E-state index is -0.963. The lowest BCUT2D eigenvalue weighted by molar-refractivity contribution is -0.132. The van der Waals surface area contributed by atoms with Gasteiger partial charge in [0.1, 0.15) is 0 Å². The SMILES string of the molecule is CCC(C)CC(=O)N(C)Cc1ccc(/C=C/C(=O)O)cc1. The van der Waals surface area contributed by atoms with Crippen molar-refractivity contribution in [2.45, 2.75) is 33.2 Å². The summed E-state index contributed by atoms with van der Waals surface area (Å²) in [5.74, 6) is -0.405. The van der Waals surface area contributed by atoms with Crippen molar-refractivity contribution in [1.29, 1.82) is 0 Å². The molecule has 1 amide bonds. The molecule has 0 saturated heterocycles. The maximum Gasteiger partial charge on any atom is 0.328 e. The predicted molar refractivity (Wildman–Crippen MR) is 83.7 cm³/mol. The first-order chi connectivity index (χ1) is 9.92. The Morgan fingerprint density at radius 2 is 1.90 bits per heavy atom. The highest BCUT2D eigenvalue weighted by molar-refractivity contribution is 5.85. The minimum Gasteiger partial charge on any atom is -0.478 e. The number of rotatable bonds is 7. The zero-order chi connectivity index (χ0) is 15.8. The molecule has 1 aromatic rings. The van der Waals surface area contributed by atoms with E-state index in [1.54, 1.807) is 11.0 Å². The fraction of sp³-hybridized carbons (Fsp3) is 0.412. The van der Waals surface area contributed by atoms with E-state index in [9.17, 15) is 9.59 Å². The largest absolute Gasteiger partial charge is 0.478 e. The Bertz CT molecular complexity index is 505. The Hall–Kier alpha value is -2.10. The van der Waals surface area contributed by atoms with Crippen molar-refractivity contribution >= 4 is 18.0 Å². The quantitative estimate of drug-likeness (QED) is 0.784. The molecule has 0 heterocycles. The van der Waals surface area contributed by atoms with Crippen LogP contribution in [0.2, 0.25) is 0 Å². The van der Waals surface area contributed by atoms with E-state index in [1.165, 1.54) is 0 Å². The molecule has 4 heteroatoms. The van der Waals surface area contributed by atoms with E-state index < -0.39 is 5.97 Å². The maximum atomic E-state index is 12.0. The van der Waals surface area contributed by atoms with E-state index >= 15 is 0 Å². The molecule has 0 bridgehead atoms. The average Bonchev–Trinajstić information content (AvgIpc) is 2.46. The minimum absolute atomic E-state index is 0.152. The first-order valence-corrected chi connectivity index (χ1v) is 7.16. The molecule has 0 aliphatic heterocycles. The molecule has 1 unspecified atom stereocenters. The molecular weight excluding hydrogens is 266 g/mol. The highest BCUT2D eigenvalue weighted by atomic mass is 16.4. The van der Waals surface area contributed by atoms with Gasteiger partial charge in [-0.1, -0.05) is 44.5 Å². The zero-order valence-electron chi connectivity index (χ0n) is 12.9. The van der Waals surface area contributed by atoms with Gasteiger partial charge in [-0.3, -0.25) is 4.79 Å². The topological polar surface area (TPSA) is 57.6 Å². The van der Waals surface area contributed by atoms with Gasteiger partial charge in [0, 0.05) is 26.1 Å². The first-order valence-electron chi connectivity index (χ1n) is 7.16. The van der Waals surface area contributed by atoms with Gasteiger partial charge in [0.2, 0.25) is 5.91 Å². The summed E-state index contributed by atoms with van der Waals surface area (Å²) in [6.07, 6.45) is 4.23. The van der Waals surface area contributed by atoms with Gasteiger partial charge < -0.3 is 10.0 Å². The molecule has 0 fully saturated rings. The highest BCUT2D eigenvalue weighted by Gasteiger charge is 2.12. The van der Waals surface area contributed by atoms with Gasteiger partial charge in [-0.25, -0.2) is 4.79 Å². The molecule has 0 aliphatic rings. The van der Waals surface area contributed by atoms with Crippen LogP contribution in [0.4, 0.5) is 0 Å². The summed E-state index contributed by atoms with van der Waals surface area (Å²) < 4.78 is 0. The monoisotopic (exact) mass is 289 g/mol. The molecule has 4 nitrogen and oxygen atoms in total. The van der Waals surface area contributed by atoms with E-state index in [2.05, 4.69) is 13.8 Å². The van der Waals surface area contributed by atoms with Crippen LogP contribution in [0.5, 0.6) is 0 Å². The number of carbonyl (C=O) groups is 2. The van der Waals surface area contributed by atoms with Crippen molar-refractivity contribution in [2.24, 2.45) is 5.92 Å². The second-order valence-electron chi connectivity index (χ2n) is 5.38. The summed E-state index contributed by atoms with van der Waals surface area (Å²) in [6.45, 7) is 4.73. The first kappa shape index (κ1) is 17.0. The number of aliphatic carboxylic acids is 1. The summed E-state index contributed by atoms with van der Waals surface area (Å²) in [4.78, 5) is 24.2. The van der Waals surface area contributed by atoms with Crippen LogP contribution >= 0.6 is 0 Å². The second-order valence-corrected chi connectivity index (χ2v) is 5.38. The summed E-state index contributed by atoms with van der Waals surface area (Å²) in [5.41, 5.74) is 1.86. The molecule has 0 aliphatic carbocycles. The third kappa shape index (κ3) is 6.25. The summed E-state index contributed by atoms with van der Waals surface area (Å²) in [6, 6.07) is 7.52. The second kappa shape index (κ2) is 8.25. The van der Waals surface area contributed by atoms with Crippen molar-refractivity contribution in [1.82, 2.24) is 4.90 Å². The Balaban J connectivity index is 2.59. The number of nitrogens with zero attached hydrogens (tertiary/aromatic N) is 1. The molecule has 21 heavy (non-hydrogen) atoms. The predicted octanol–water partition coefficient (Wildman–Crippen LogP) is 3.18. The molecule has 0 saturated carbocycles. The molecule has 1 rings (SSSR count). The lowest BCUT2D eigenvalue weighted by Gasteiger charge is -2.19. The molecular formula is C17H23NO3. The number of carboxylic acids is 1. The Morgan fingerprint density at radius 3 is 2.43 bits per heavy atom. The third-order valence-electron chi connectivity index (χ3n) is 3.46. The van der Waals surface area contributed by atoms with Crippen molar-refractivity contribution in [3.05, 3.63) is 41.5 Å².